The molecular weight excluding hydrogens is 1230 g/mol. The maximum atomic E-state index is 6.50. The SMILES string of the molecule is C=CCSc1ccc(C2(c3ccc(OC4=CC=CCC4)cc3)c3ccccc3-c3ccc(N(c4ccccc4)c4ccc(-c5ccc(N(c6ccccc6)c6ccc7c(c6)C(c6ccc(SCC=C)cc6)(C6C=CC(Oc8ccccc8)=CC6)c6ccccc6-7)cc5)cc4)cc32)cc1. The van der Waals surface area contributed by atoms with Gasteiger partial charge >= 0.3 is 0 Å². The molecule has 4 aliphatic rings. The number of nitrogens with zero attached hydrogens (tertiary/aromatic N) is 2. The van der Waals surface area contributed by atoms with Crippen molar-refractivity contribution in [2.45, 2.75) is 39.9 Å². The number of anilines is 6. The van der Waals surface area contributed by atoms with E-state index >= 15 is 0 Å². The quantitative estimate of drug-likeness (QED) is 0.0525. The first-order valence-corrected chi connectivity index (χ1v) is 35.8. The van der Waals surface area contributed by atoms with Gasteiger partial charge in [0.05, 0.1) is 10.8 Å². The zero-order valence-electron chi connectivity index (χ0n) is 54.5. The van der Waals surface area contributed by atoms with E-state index in [1.54, 1.807) is 11.8 Å². The predicted octanol–water partition coefficient (Wildman–Crippen LogP) is 24.7. The molecular formula is C92H72N2O2S2. The molecule has 0 radical (unpaired) electrons. The van der Waals surface area contributed by atoms with E-state index in [1.165, 1.54) is 71.0 Å². The van der Waals surface area contributed by atoms with Gasteiger partial charge < -0.3 is 19.3 Å². The Kier molecular flexibility index (Phi) is 17.2. The third-order valence-corrected chi connectivity index (χ3v) is 21.7. The Bertz CT molecular complexity index is 5020. The van der Waals surface area contributed by atoms with Gasteiger partial charge in [0.1, 0.15) is 23.0 Å². The standard InChI is InChI=1S/C92H72N2O2S2/c1-3-61-97-81-55-41-69(42-56-81)91(67-37-51-79(52-38-67)95-77-25-13-7-14-26-77)87-31-19-17-29-83(87)85-59-49-75(63-89(85)91)93(71-21-9-5-10-22-71)73-45-33-65(34-46-73)66-35-47-74(48-36-66)94(72-23-11-6-12-24-72)76-50-60-86-84-30-18-20-32-88(84)92(90(86)64-76,70-43-57-82(58-44-70)98-62-4-2)68-39-53-80(54-40-68)96-78-27-15-8-16-28-78/h3-15,17-27,29-37,39-60,63-64,67H,1-2,16,28,38,61-62H2. The molecule has 0 spiro atoms. The van der Waals surface area contributed by atoms with E-state index in [-0.39, 0.29) is 5.92 Å². The van der Waals surface area contributed by atoms with Gasteiger partial charge in [-0.05, 0) is 231 Å². The van der Waals surface area contributed by atoms with E-state index in [0.29, 0.717) is 0 Å². The molecule has 3 atom stereocenters. The molecule has 16 rings (SSSR count). The van der Waals surface area contributed by atoms with Gasteiger partial charge in [0.25, 0.3) is 0 Å². The van der Waals surface area contributed by atoms with Gasteiger partial charge in [-0.15, -0.1) is 36.7 Å². The van der Waals surface area contributed by atoms with E-state index in [0.717, 1.165) is 99.0 Å². The summed E-state index contributed by atoms with van der Waals surface area (Å²) >= 11 is 3.61. The van der Waals surface area contributed by atoms with Gasteiger partial charge in [-0.3, -0.25) is 0 Å². The van der Waals surface area contributed by atoms with Crippen molar-refractivity contribution in [1.29, 1.82) is 0 Å². The summed E-state index contributed by atoms with van der Waals surface area (Å²) < 4.78 is 13.0. The molecule has 4 nitrogen and oxygen atoms in total. The zero-order chi connectivity index (χ0) is 65.8. The molecule has 0 aromatic heterocycles. The molecule has 0 saturated carbocycles. The van der Waals surface area contributed by atoms with E-state index in [4.69, 9.17) is 9.47 Å². The number of thioether (sulfide) groups is 2. The molecule has 4 aliphatic carbocycles. The van der Waals surface area contributed by atoms with Crippen LogP contribution in [0.15, 0.2) is 380 Å². The lowest BCUT2D eigenvalue weighted by Crippen LogP contribution is -2.36. The molecule has 98 heavy (non-hydrogen) atoms. The van der Waals surface area contributed by atoms with E-state index < -0.39 is 10.8 Å². The summed E-state index contributed by atoms with van der Waals surface area (Å²) in [6.07, 6.45) is 19.8. The average Bonchev–Trinajstić information content (AvgIpc) is 1.53. The molecule has 0 heterocycles. The number of benzene rings is 12. The summed E-state index contributed by atoms with van der Waals surface area (Å²) in [4.78, 5) is 7.25. The molecule has 12 aromatic rings. The monoisotopic (exact) mass is 1300 g/mol. The lowest BCUT2D eigenvalue weighted by atomic mass is 9.62. The second-order valence-corrected chi connectivity index (χ2v) is 27.4. The Hall–Kier alpha value is -11.0. The van der Waals surface area contributed by atoms with Gasteiger partial charge in [0, 0.05) is 61.8 Å². The maximum absolute atomic E-state index is 6.50. The molecule has 0 saturated heterocycles. The fourth-order valence-electron chi connectivity index (χ4n) is 15.4. The predicted molar refractivity (Wildman–Crippen MR) is 412 cm³/mol. The summed E-state index contributed by atoms with van der Waals surface area (Å²) in [7, 11) is 0. The van der Waals surface area contributed by atoms with Crippen LogP contribution in [-0.2, 0) is 10.8 Å². The largest absolute Gasteiger partial charge is 0.462 e. The van der Waals surface area contributed by atoms with Crippen LogP contribution in [0.1, 0.15) is 58.2 Å². The molecule has 6 heteroatoms. The van der Waals surface area contributed by atoms with Crippen LogP contribution in [0.5, 0.6) is 11.5 Å². The van der Waals surface area contributed by atoms with Crippen molar-refractivity contribution in [2.24, 2.45) is 5.92 Å². The summed E-state index contributed by atoms with van der Waals surface area (Å²) in [5.41, 5.74) is 21.2. The second kappa shape index (κ2) is 27.2. The van der Waals surface area contributed by atoms with E-state index in [2.05, 4.69) is 326 Å². The van der Waals surface area contributed by atoms with Gasteiger partial charge in [-0.1, -0.05) is 206 Å². The Morgan fingerprint density at radius 1 is 0.418 bits per heavy atom. The molecule has 0 fully saturated rings. The van der Waals surface area contributed by atoms with Crippen molar-refractivity contribution in [3.8, 4) is 44.9 Å². The summed E-state index contributed by atoms with van der Waals surface area (Å²) in [5, 5.41) is 0. The Morgan fingerprint density at radius 3 is 1.42 bits per heavy atom. The average molecular weight is 1300 g/mol. The fourth-order valence-corrected chi connectivity index (χ4v) is 16.6. The minimum atomic E-state index is -0.647. The van der Waals surface area contributed by atoms with Crippen molar-refractivity contribution in [1.82, 2.24) is 0 Å². The first-order valence-electron chi connectivity index (χ1n) is 33.8. The minimum absolute atomic E-state index is 0.0778. The van der Waals surface area contributed by atoms with Crippen LogP contribution in [-0.4, -0.2) is 11.5 Å². The maximum Gasteiger partial charge on any atom is 0.127 e. The zero-order valence-corrected chi connectivity index (χ0v) is 56.1. The smallest absolute Gasteiger partial charge is 0.127 e. The fraction of sp³-hybridized carbons (Fsp3) is 0.0870. The highest BCUT2D eigenvalue weighted by atomic mass is 32.2. The van der Waals surface area contributed by atoms with Gasteiger partial charge in [-0.25, -0.2) is 0 Å². The Morgan fingerprint density at radius 2 is 0.878 bits per heavy atom. The molecule has 0 aliphatic heterocycles. The third-order valence-electron chi connectivity index (χ3n) is 19.7. The highest BCUT2D eigenvalue weighted by Crippen LogP contribution is 2.61. The van der Waals surface area contributed by atoms with Crippen LogP contribution < -0.4 is 19.3 Å². The Balaban J connectivity index is 0.757. The summed E-state index contributed by atoms with van der Waals surface area (Å²) in [5.74, 6) is 5.28. The summed E-state index contributed by atoms with van der Waals surface area (Å²) in [6.45, 7) is 8.02. The number of hydrogen-bond donors (Lipinski definition) is 0. The number of para-hydroxylation sites is 3. The van der Waals surface area contributed by atoms with Crippen LogP contribution in [0, 0.1) is 5.92 Å². The number of rotatable bonds is 21. The highest BCUT2D eigenvalue weighted by Gasteiger charge is 2.50. The molecule has 12 aromatic carbocycles. The number of ether oxygens (including phenoxy) is 2. The highest BCUT2D eigenvalue weighted by molar-refractivity contribution is 7.99. The van der Waals surface area contributed by atoms with E-state index in [1.807, 2.05) is 54.2 Å². The third kappa shape index (κ3) is 11.4. The van der Waals surface area contributed by atoms with Gasteiger partial charge in [0.15, 0.2) is 0 Å². The van der Waals surface area contributed by atoms with Crippen molar-refractivity contribution in [3.63, 3.8) is 0 Å². The number of allylic oxidation sites excluding steroid dienone is 7. The number of hydrogen-bond acceptors (Lipinski definition) is 6. The first-order chi connectivity index (χ1) is 48.5. The second-order valence-electron chi connectivity index (χ2n) is 25.2. The molecule has 0 bridgehead atoms. The molecule has 0 N–H and O–H groups in total. The van der Waals surface area contributed by atoms with Crippen LogP contribution in [0.4, 0.5) is 34.1 Å². The molecule has 3 unspecified atom stereocenters. The van der Waals surface area contributed by atoms with Crippen LogP contribution >= 0.6 is 23.5 Å². The van der Waals surface area contributed by atoms with Gasteiger partial charge in [-0.2, -0.15) is 0 Å². The van der Waals surface area contributed by atoms with Crippen molar-refractivity contribution < 1.29 is 9.47 Å². The Labute approximate surface area is 584 Å². The lowest BCUT2D eigenvalue weighted by molar-refractivity contribution is 0.402. The van der Waals surface area contributed by atoms with E-state index in [9.17, 15) is 0 Å². The van der Waals surface area contributed by atoms with Gasteiger partial charge in [0.2, 0.25) is 0 Å². The summed E-state index contributed by atoms with van der Waals surface area (Å²) in [6, 6.07) is 110. The normalized spacial score (nSPS) is 16.9. The molecule has 0 amide bonds. The molecule has 474 valence electrons. The van der Waals surface area contributed by atoms with Crippen LogP contribution in [0.3, 0.4) is 0 Å². The number of fused-ring (bicyclic) bond motifs is 6. The topological polar surface area (TPSA) is 24.9 Å². The van der Waals surface area contributed by atoms with Crippen molar-refractivity contribution in [2.75, 3.05) is 21.3 Å². The van der Waals surface area contributed by atoms with Crippen molar-refractivity contribution >= 4 is 57.6 Å². The van der Waals surface area contributed by atoms with Crippen molar-refractivity contribution in [3.05, 3.63) is 409 Å². The van der Waals surface area contributed by atoms with Crippen LogP contribution in [0.25, 0.3) is 33.4 Å². The minimum Gasteiger partial charge on any atom is -0.462 e. The first kappa shape index (κ1) is 61.8. The van der Waals surface area contributed by atoms with Crippen LogP contribution in [0.2, 0.25) is 0 Å². The lowest BCUT2D eigenvalue weighted by Gasteiger charge is -2.40.